The van der Waals surface area contributed by atoms with E-state index in [2.05, 4.69) is 0 Å². The smallest absolute Gasteiger partial charge is 0.227 e. The van der Waals surface area contributed by atoms with Crippen LogP contribution in [-0.4, -0.2) is 59.0 Å². The first kappa shape index (κ1) is 11.4. The number of likely N-dealkylation sites (tertiary alicyclic amines) is 2. The molecule has 16 heavy (non-hydrogen) atoms. The van der Waals surface area contributed by atoms with Crippen LogP contribution in [0.15, 0.2) is 0 Å². The van der Waals surface area contributed by atoms with Crippen LogP contribution in [0.4, 0.5) is 0 Å². The number of aliphatic hydroxyl groups is 1. The second-order valence-corrected chi connectivity index (χ2v) is 4.58. The number of carbonyl (C=O) groups is 2. The highest BCUT2D eigenvalue weighted by molar-refractivity contribution is 5.82. The Labute approximate surface area is 95.0 Å². The summed E-state index contributed by atoms with van der Waals surface area (Å²) in [4.78, 5) is 26.8. The lowest BCUT2D eigenvalue weighted by molar-refractivity contribution is -0.145. The van der Waals surface area contributed by atoms with Crippen molar-refractivity contribution < 1.29 is 14.7 Å². The van der Waals surface area contributed by atoms with Crippen LogP contribution in [0.3, 0.4) is 0 Å². The van der Waals surface area contributed by atoms with E-state index in [1.807, 2.05) is 6.92 Å². The molecule has 0 aliphatic carbocycles. The predicted octanol–water partition coefficient (Wildman–Crippen LogP) is -0.552. The Morgan fingerprint density at radius 1 is 1.25 bits per heavy atom. The van der Waals surface area contributed by atoms with E-state index in [1.54, 1.807) is 9.80 Å². The fourth-order valence-corrected chi connectivity index (χ4v) is 2.31. The number of hydrogen-bond donors (Lipinski definition) is 1. The zero-order valence-corrected chi connectivity index (χ0v) is 9.56. The van der Waals surface area contributed by atoms with Crippen LogP contribution in [0.1, 0.15) is 19.8 Å². The number of rotatable bonds is 2. The second-order valence-electron chi connectivity index (χ2n) is 4.58. The first-order valence-electron chi connectivity index (χ1n) is 5.86. The van der Waals surface area contributed by atoms with Gasteiger partial charge in [-0.1, -0.05) is 6.92 Å². The second kappa shape index (κ2) is 4.41. The van der Waals surface area contributed by atoms with Crippen molar-refractivity contribution in [2.24, 2.45) is 5.92 Å². The van der Waals surface area contributed by atoms with Crippen molar-refractivity contribution in [2.75, 3.05) is 26.2 Å². The lowest BCUT2D eigenvalue weighted by Gasteiger charge is -2.37. The zero-order valence-electron chi connectivity index (χ0n) is 9.56. The summed E-state index contributed by atoms with van der Waals surface area (Å²) in [6.45, 7) is 3.99. The zero-order chi connectivity index (χ0) is 11.7. The van der Waals surface area contributed by atoms with Gasteiger partial charge in [0.1, 0.15) is 0 Å². The molecule has 90 valence electrons. The summed E-state index contributed by atoms with van der Waals surface area (Å²) in [6, 6.07) is 0. The Kier molecular flexibility index (Phi) is 3.14. The van der Waals surface area contributed by atoms with Gasteiger partial charge in [-0.15, -0.1) is 0 Å². The molecule has 5 nitrogen and oxygen atoms in total. The maximum atomic E-state index is 11.9. The van der Waals surface area contributed by atoms with Crippen molar-refractivity contribution in [3.05, 3.63) is 0 Å². The predicted molar refractivity (Wildman–Crippen MR) is 57.6 cm³/mol. The summed E-state index contributed by atoms with van der Waals surface area (Å²) in [5.74, 6) is 0.165. The minimum atomic E-state index is -0.348. The van der Waals surface area contributed by atoms with Gasteiger partial charge in [-0.25, -0.2) is 0 Å². The lowest BCUT2D eigenvalue weighted by Crippen LogP contribution is -2.55. The molecule has 2 rings (SSSR count). The normalized spacial score (nSPS) is 25.8. The van der Waals surface area contributed by atoms with E-state index in [0.717, 1.165) is 6.42 Å². The van der Waals surface area contributed by atoms with E-state index >= 15 is 0 Å². The maximum absolute atomic E-state index is 11.9. The van der Waals surface area contributed by atoms with Crippen molar-refractivity contribution in [3.8, 4) is 0 Å². The molecule has 0 aromatic carbocycles. The van der Waals surface area contributed by atoms with E-state index in [-0.39, 0.29) is 23.8 Å². The molecule has 2 aliphatic rings. The molecule has 0 spiro atoms. The summed E-state index contributed by atoms with van der Waals surface area (Å²) in [6.07, 6.45) is 0.916. The van der Waals surface area contributed by atoms with Gasteiger partial charge >= 0.3 is 0 Å². The molecule has 0 radical (unpaired) electrons. The highest BCUT2D eigenvalue weighted by atomic mass is 16.3. The summed E-state index contributed by atoms with van der Waals surface area (Å²) in [5.41, 5.74) is 0. The maximum Gasteiger partial charge on any atom is 0.227 e. The van der Waals surface area contributed by atoms with Crippen LogP contribution in [-0.2, 0) is 9.59 Å². The summed E-state index contributed by atoms with van der Waals surface area (Å²) < 4.78 is 0. The Balaban J connectivity index is 1.84. The van der Waals surface area contributed by atoms with Gasteiger partial charge in [-0.2, -0.15) is 0 Å². The summed E-state index contributed by atoms with van der Waals surface area (Å²) >= 11 is 0. The standard InChI is InChI=1S/C11H18N2O3/c1-2-10(15)12-4-3-8(5-12)11(16)13-6-9(14)7-13/h8-9,14H,2-7H2,1H3. The quantitative estimate of drug-likeness (QED) is 0.687. The van der Waals surface area contributed by atoms with Gasteiger partial charge < -0.3 is 14.9 Å². The Morgan fingerprint density at radius 3 is 2.50 bits per heavy atom. The topological polar surface area (TPSA) is 60.9 Å². The monoisotopic (exact) mass is 226 g/mol. The third-order valence-electron chi connectivity index (χ3n) is 3.37. The van der Waals surface area contributed by atoms with Gasteiger partial charge in [0.05, 0.1) is 12.0 Å². The van der Waals surface area contributed by atoms with E-state index in [4.69, 9.17) is 5.11 Å². The molecule has 2 aliphatic heterocycles. The van der Waals surface area contributed by atoms with E-state index in [1.165, 1.54) is 0 Å². The average molecular weight is 226 g/mol. The molecular formula is C11H18N2O3. The fraction of sp³-hybridized carbons (Fsp3) is 0.818. The van der Waals surface area contributed by atoms with E-state index in [0.29, 0.717) is 32.6 Å². The van der Waals surface area contributed by atoms with Crippen LogP contribution >= 0.6 is 0 Å². The molecule has 1 atom stereocenters. The summed E-state index contributed by atoms with van der Waals surface area (Å²) in [7, 11) is 0. The number of aliphatic hydroxyl groups excluding tert-OH is 1. The average Bonchev–Trinajstić information content (AvgIpc) is 2.72. The van der Waals surface area contributed by atoms with Crippen molar-refractivity contribution in [3.63, 3.8) is 0 Å². The lowest BCUT2D eigenvalue weighted by atomic mass is 10.0. The molecular weight excluding hydrogens is 208 g/mol. The van der Waals surface area contributed by atoms with Gasteiger partial charge in [0.15, 0.2) is 0 Å². The molecule has 5 heteroatoms. The third-order valence-corrected chi connectivity index (χ3v) is 3.37. The van der Waals surface area contributed by atoms with Gasteiger partial charge in [-0.05, 0) is 6.42 Å². The molecule has 2 fully saturated rings. The van der Waals surface area contributed by atoms with Crippen LogP contribution < -0.4 is 0 Å². The largest absolute Gasteiger partial charge is 0.389 e. The van der Waals surface area contributed by atoms with Crippen LogP contribution in [0.2, 0.25) is 0 Å². The molecule has 2 amide bonds. The highest BCUT2D eigenvalue weighted by Crippen LogP contribution is 2.22. The van der Waals surface area contributed by atoms with E-state index in [9.17, 15) is 9.59 Å². The van der Waals surface area contributed by atoms with E-state index < -0.39 is 0 Å². The van der Waals surface area contributed by atoms with Crippen LogP contribution in [0.5, 0.6) is 0 Å². The number of nitrogens with zero attached hydrogens (tertiary/aromatic N) is 2. The number of carbonyl (C=O) groups excluding carboxylic acids is 2. The number of β-amino-alcohol motifs (C(OH)–C–C–N with tert-alkyl or cyclic N) is 1. The van der Waals surface area contributed by atoms with Crippen LogP contribution in [0, 0.1) is 5.92 Å². The van der Waals surface area contributed by atoms with Crippen molar-refractivity contribution in [2.45, 2.75) is 25.9 Å². The molecule has 1 N–H and O–H groups in total. The van der Waals surface area contributed by atoms with Crippen molar-refractivity contribution >= 4 is 11.8 Å². The minimum absolute atomic E-state index is 0.0528. The molecule has 0 bridgehead atoms. The summed E-state index contributed by atoms with van der Waals surface area (Å²) in [5, 5.41) is 9.13. The molecule has 2 saturated heterocycles. The fourth-order valence-electron chi connectivity index (χ4n) is 2.31. The van der Waals surface area contributed by atoms with Crippen molar-refractivity contribution in [1.82, 2.24) is 9.80 Å². The third kappa shape index (κ3) is 2.04. The minimum Gasteiger partial charge on any atom is -0.389 e. The molecule has 2 heterocycles. The molecule has 0 aromatic heterocycles. The SMILES string of the molecule is CCC(=O)N1CCC(C(=O)N2CC(O)C2)C1. The first-order chi connectivity index (χ1) is 7.61. The van der Waals surface area contributed by atoms with Crippen molar-refractivity contribution in [1.29, 1.82) is 0 Å². The van der Waals surface area contributed by atoms with Crippen LogP contribution in [0.25, 0.3) is 0 Å². The van der Waals surface area contributed by atoms with Gasteiger partial charge in [-0.3, -0.25) is 9.59 Å². The Bertz CT molecular complexity index is 300. The first-order valence-corrected chi connectivity index (χ1v) is 5.86. The number of amides is 2. The molecule has 1 unspecified atom stereocenters. The molecule has 0 saturated carbocycles. The number of hydrogen-bond acceptors (Lipinski definition) is 3. The highest BCUT2D eigenvalue weighted by Gasteiger charge is 2.37. The van der Waals surface area contributed by atoms with Gasteiger partial charge in [0.2, 0.25) is 11.8 Å². The van der Waals surface area contributed by atoms with Gasteiger partial charge in [0.25, 0.3) is 0 Å². The molecule has 0 aromatic rings. The Hall–Kier alpha value is -1.10. The van der Waals surface area contributed by atoms with Gasteiger partial charge in [0, 0.05) is 32.6 Å². The Morgan fingerprint density at radius 2 is 1.94 bits per heavy atom.